The molecule has 3 aromatic rings. The fourth-order valence-corrected chi connectivity index (χ4v) is 5.26. The van der Waals surface area contributed by atoms with Crippen LogP contribution in [-0.4, -0.2) is 46.0 Å². The molecule has 0 spiro atoms. The van der Waals surface area contributed by atoms with E-state index in [0.717, 1.165) is 41.8 Å². The molecule has 7 nitrogen and oxygen atoms in total. The first-order chi connectivity index (χ1) is 16.5. The van der Waals surface area contributed by atoms with Crippen LogP contribution in [0.25, 0.3) is 0 Å². The lowest BCUT2D eigenvalue weighted by Crippen LogP contribution is -2.46. The second-order valence-corrected chi connectivity index (χ2v) is 9.53. The number of thioether (sulfide) groups is 1. The third-order valence-corrected chi connectivity index (χ3v) is 7.20. The molecule has 34 heavy (non-hydrogen) atoms. The highest BCUT2D eigenvalue weighted by molar-refractivity contribution is 7.98. The summed E-state index contributed by atoms with van der Waals surface area (Å²) in [6, 6.07) is 13.8. The molecule has 0 unspecified atom stereocenters. The first-order valence-corrected chi connectivity index (χ1v) is 12.6. The molecule has 4 rings (SSSR count). The number of carbonyl (C=O) groups is 2. The number of likely N-dealkylation sites (tertiary alicyclic amines) is 1. The standard InChI is InChI=1S/C26H30N4O3S/c1-18-23(19(2)33-29-18)17-34-25-22(9-6-14-27-25)26(32)30-15-12-21(13-16-30)28-24(31)11-10-20-7-4-3-5-8-20/h3-9,14,21H,10-13,15-17H2,1-2H3,(H,28,31). The Kier molecular flexibility index (Phi) is 8.00. The number of hydrogen-bond acceptors (Lipinski definition) is 6. The zero-order valence-corrected chi connectivity index (χ0v) is 20.4. The number of pyridine rings is 1. The Labute approximate surface area is 204 Å². The SMILES string of the molecule is Cc1noc(C)c1CSc1ncccc1C(=O)N1CCC(NC(=O)CCc2ccccc2)CC1. The first-order valence-electron chi connectivity index (χ1n) is 11.6. The van der Waals surface area contributed by atoms with Crippen molar-refractivity contribution in [3.8, 4) is 0 Å². The summed E-state index contributed by atoms with van der Waals surface area (Å²) in [7, 11) is 0. The molecular formula is C26H30N4O3S. The second kappa shape index (κ2) is 11.3. The summed E-state index contributed by atoms with van der Waals surface area (Å²) in [4.78, 5) is 32.0. The van der Waals surface area contributed by atoms with Crippen LogP contribution in [0.1, 0.15) is 52.2 Å². The van der Waals surface area contributed by atoms with Crippen LogP contribution in [0, 0.1) is 13.8 Å². The van der Waals surface area contributed by atoms with Crippen molar-refractivity contribution >= 4 is 23.6 Å². The van der Waals surface area contributed by atoms with Crippen LogP contribution >= 0.6 is 11.8 Å². The molecule has 0 radical (unpaired) electrons. The molecule has 1 aliphatic heterocycles. The number of hydrogen-bond donors (Lipinski definition) is 1. The van der Waals surface area contributed by atoms with Gasteiger partial charge in [-0.05, 0) is 50.8 Å². The van der Waals surface area contributed by atoms with Crippen molar-refractivity contribution in [2.45, 2.75) is 56.4 Å². The van der Waals surface area contributed by atoms with Gasteiger partial charge in [0.15, 0.2) is 0 Å². The smallest absolute Gasteiger partial charge is 0.256 e. The van der Waals surface area contributed by atoms with Gasteiger partial charge in [-0.2, -0.15) is 0 Å². The zero-order valence-electron chi connectivity index (χ0n) is 19.6. The van der Waals surface area contributed by atoms with Crippen molar-refractivity contribution in [2.75, 3.05) is 13.1 Å². The minimum atomic E-state index is -0.0109. The Morgan fingerprint density at radius 3 is 2.59 bits per heavy atom. The van der Waals surface area contributed by atoms with Gasteiger partial charge >= 0.3 is 0 Å². The molecule has 1 aromatic carbocycles. The van der Waals surface area contributed by atoms with E-state index in [1.165, 1.54) is 11.8 Å². The van der Waals surface area contributed by atoms with Crippen LogP contribution in [0.4, 0.5) is 0 Å². The normalized spacial score (nSPS) is 14.2. The molecule has 2 aromatic heterocycles. The molecule has 3 heterocycles. The summed E-state index contributed by atoms with van der Waals surface area (Å²) in [6.45, 7) is 5.04. The van der Waals surface area contributed by atoms with Crippen molar-refractivity contribution in [3.63, 3.8) is 0 Å². The molecule has 0 atom stereocenters. The molecule has 0 aliphatic carbocycles. The van der Waals surface area contributed by atoms with Crippen molar-refractivity contribution in [1.82, 2.24) is 20.4 Å². The molecule has 2 amide bonds. The van der Waals surface area contributed by atoms with E-state index in [0.29, 0.717) is 35.9 Å². The second-order valence-electron chi connectivity index (χ2n) is 8.57. The van der Waals surface area contributed by atoms with Gasteiger partial charge in [-0.25, -0.2) is 4.98 Å². The molecule has 0 bridgehead atoms. The van der Waals surface area contributed by atoms with Crippen LogP contribution < -0.4 is 5.32 Å². The Hall–Kier alpha value is -3.13. The maximum atomic E-state index is 13.3. The highest BCUT2D eigenvalue weighted by atomic mass is 32.2. The van der Waals surface area contributed by atoms with E-state index < -0.39 is 0 Å². The van der Waals surface area contributed by atoms with E-state index in [1.54, 1.807) is 12.3 Å². The molecule has 1 saturated heterocycles. The van der Waals surface area contributed by atoms with E-state index in [4.69, 9.17) is 4.52 Å². The van der Waals surface area contributed by atoms with Gasteiger partial charge in [0.05, 0.1) is 11.3 Å². The Balaban J connectivity index is 1.28. The van der Waals surface area contributed by atoms with Crippen LogP contribution in [0.15, 0.2) is 58.2 Å². The molecule has 1 fully saturated rings. The van der Waals surface area contributed by atoms with E-state index in [2.05, 4.69) is 15.5 Å². The van der Waals surface area contributed by atoms with Crippen LogP contribution in [0.3, 0.4) is 0 Å². The van der Waals surface area contributed by atoms with Crippen LogP contribution in [-0.2, 0) is 17.0 Å². The lowest BCUT2D eigenvalue weighted by Gasteiger charge is -2.32. The quantitative estimate of drug-likeness (QED) is 0.485. The fourth-order valence-electron chi connectivity index (χ4n) is 4.12. The van der Waals surface area contributed by atoms with Gasteiger partial charge in [-0.3, -0.25) is 9.59 Å². The summed E-state index contributed by atoms with van der Waals surface area (Å²) in [5, 5.41) is 7.85. The number of carbonyl (C=O) groups excluding carboxylic acids is 2. The Bertz CT molecular complexity index is 1100. The number of benzene rings is 1. The monoisotopic (exact) mass is 478 g/mol. The van der Waals surface area contributed by atoms with E-state index >= 15 is 0 Å². The minimum Gasteiger partial charge on any atom is -0.361 e. The molecule has 8 heteroatoms. The highest BCUT2D eigenvalue weighted by Crippen LogP contribution is 2.28. The largest absolute Gasteiger partial charge is 0.361 e. The Morgan fingerprint density at radius 2 is 1.88 bits per heavy atom. The lowest BCUT2D eigenvalue weighted by atomic mass is 10.0. The van der Waals surface area contributed by atoms with Gasteiger partial charge in [0.1, 0.15) is 10.8 Å². The minimum absolute atomic E-state index is 0.0109. The predicted octanol–water partition coefficient (Wildman–Crippen LogP) is 4.33. The third-order valence-electron chi connectivity index (χ3n) is 6.17. The number of aryl methyl sites for hydroxylation is 3. The van der Waals surface area contributed by atoms with Gasteiger partial charge in [0.25, 0.3) is 5.91 Å². The number of amides is 2. The lowest BCUT2D eigenvalue weighted by molar-refractivity contribution is -0.122. The number of piperidine rings is 1. The first kappa shape index (κ1) is 24.0. The predicted molar refractivity (Wildman–Crippen MR) is 132 cm³/mol. The number of nitrogens with one attached hydrogen (secondary N) is 1. The topological polar surface area (TPSA) is 88.3 Å². The molecule has 178 valence electrons. The van der Waals surface area contributed by atoms with Crippen molar-refractivity contribution in [2.24, 2.45) is 0 Å². The maximum absolute atomic E-state index is 13.3. The molecule has 1 aliphatic rings. The Morgan fingerprint density at radius 1 is 1.12 bits per heavy atom. The van der Waals surface area contributed by atoms with Gasteiger partial charge in [-0.15, -0.1) is 11.8 Å². The van der Waals surface area contributed by atoms with E-state index in [1.807, 2.05) is 55.1 Å². The fraction of sp³-hybridized carbons (Fsp3) is 0.385. The van der Waals surface area contributed by atoms with Gasteiger partial charge in [0, 0.05) is 43.1 Å². The summed E-state index contributed by atoms with van der Waals surface area (Å²) in [5.74, 6) is 1.50. The molecular weight excluding hydrogens is 448 g/mol. The number of rotatable bonds is 8. The summed E-state index contributed by atoms with van der Waals surface area (Å²) in [6.07, 6.45) is 4.43. The zero-order chi connectivity index (χ0) is 23.9. The average molecular weight is 479 g/mol. The highest BCUT2D eigenvalue weighted by Gasteiger charge is 2.26. The summed E-state index contributed by atoms with van der Waals surface area (Å²) in [5.41, 5.74) is 3.68. The van der Waals surface area contributed by atoms with Crippen LogP contribution in [0.2, 0.25) is 0 Å². The number of aromatic nitrogens is 2. The van der Waals surface area contributed by atoms with Crippen molar-refractivity contribution in [3.05, 3.63) is 76.8 Å². The maximum Gasteiger partial charge on any atom is 0.256 e. The third kappa shape index (κ3) is 6.05. The van der Waals surface area contributed by atoms with Crippen LogP contribution in [0.5, 0.6) is 0 Å². The van der Waals surface area contributed by atoms with E-state index in [-0.39, 0.29) is 17.9 Å². The van der Waals surface area contributed by atoms with Crippen molar-refractivity contribution < 1.29 is 14.1 Å². The van der Waals surface area contributed by atoms with E-state index in [9.17, 15) is 9.59 Å². The average Bonchev–Trinajstić information content (AvgIpc) is 3.19. The summed E-state index contributed by atoms with van der Waals surface area (Å²) >= 11 is 1.52. The van der Waals surface area contributed by atoms with Crippen molar-refractivity contribution in [1.29, 1.82) is 0 Å². The van der Waals surface area contributed by atoms with Gasteiger partial charge in [0.2, 0.25) is 5.91 Å². The summed E-state index contributed by atoms with van der Waals surface area (Å²) < 4.78 is 5.24. The molecule has 1 N–H and O–H groups in total. The number of nitrogens with zero attached hydrogens (tertiary/aromatic N) is 3. The van der Waals surface area contributed by atoms with Gasteiger partial charge < -0.3 is 14.7 Å². The molecule has 0 saturated carbocycles. The van der Waals surface area contributed by atoms with Gasteiger partial charge in [-0.1, -0.05) is 35.5 Å².